The molecule has 3 rings (SSSR count). The summed E-state index contributed by atoms with van der Waals surface area (Å²) in [6.07, 6.45) is 2.37. The summed E-state index contributed by atoms with van der Waals surface area (Å²) in [5.74, 6) is 2.76. The Morgan fingerprint density at radius 1 is 1.34 bits per heavy atom. The second kappa shape index (κ2) is 11.2. The van der Waals surface area contributed by atoms with Gasteiger partial charge >= 0.3 is 0 Å². The molecule has 0 radical (unpaired) electrons. The number of oxazole rings is 1. The molecule has 0 bridgehead atoms. The first-order valence-electron chi connectivity index (χ1n) is 9.81. The van der Waals surface area contributed by atoms with E-state index in [1.807, 2.05) is 26.0 Å². The third-order valence-corrected chi connectivity index (χ3v) is 5.67. The molecule has 1 fully saturated rings. The van der Waals surface area contributed by atoms with Gasteiger partial charge in [0.25, 0.3) is 0 Å². The fourth-order valence-corrected chi connectivity index (χ4v) is 4.11. The number of rotatable bonds is 5. The second-order valence-electron chi connectivity index (χ2n) is 7.44. The molecule has 0 saturated carbocycles. The molecule has 29 heavy (non-hydrogen) atoms. The normalized spacial score (nSPS) is 20.2. The first kappa shape index (κ1) is 24.0. The van der Waals surface area contributed by atoms with Crippen LogP contribution in [-0.2, 0) is 6.54 Å². The van der Waals surface area contributed by atoms with Crippen LogP contribution in [-0.4, -0.2) is 43.0 Å². The van der Waals surface area contributed by atoms with Crippen LogP contribution >= 0.6 is 35.6 Å². The Labute approximate surface area is 195 Å². The monoisotopic (exact) mass is 531 g/mol. The first-order valence-corrected chi connectivity index (χ1v) is 10.2. The van der Waals surface area contributed by atoms with Gasteiger partial charge in [-0.1, -0.05) is 23.7 Å². The van der Waals surface area contributed by atoms with Gasteiger partial charge in [0.05, 0.1) is 12.2 Å². The van der Waals surface area contributed by atoms with E-state index in [4.69, 9.17) is 16.0 Å². The molecule has 1 aromatic heterocycles. The van der Waals surface area contributed by atoms with Gasteiger partial charge in [-0.3, -0.25) is 9.89 Å². The van der Waals surface area contributed by atoms with Crippen LogP contribution in [0.3, 0.4) is 0 Å². The van der Waals surface area contributed by atoms with E-state index in [0.29, 0.717) is 24.4 Å². The topological polar surface area (TPSA) is 65.7 Å². The van der Waals surface area contributed by atoms with Crippen molar-refractivity contribution in [3.63, 3.8) is 0 Å². The first-order chi connectivity index (χ1) is 13.5. The smallest absolute Gasteiger partial charge is 0.214 e. The lowest BCUT2D eigenvalue weighted by molar-refractivity contribution is 0.122. The highest BCUT2D eigenvalue weighted by molar-refractivity contribution is 14.0. The number of nitrogens with zero attached hydrogens (tertiary/aromatic N) is 3. The van der Waals surface area contributed by atoms with Gasteiger partial charge in [0.2, 0.25) is 5.89 Å². The van der Waals surface area contributed by atoms with E-state index in [-0.39, 0.29) is 24.0 Å². The number of guanidine groups is 1. The Morgan fingerprint density at radius 3 is 2.79 bits per heavy atom. The predicted molar refractivity (Wildman–Crippen MR) is 129 cm³/mol. The number of hydrogen-bond acceptors (Lipinski definition) is 4. The van der Waals surface area contributed by atoms with Crippen molar-refractivity contribution < 1.29 is 4.42 Å². The summed E-state index contributed by atoms with van der Waals surface area (Å²) < 4.78 is 5.63. The lowest BCUT2D eigenvalue weighted by Gasteiger charge is -2.40. The predicted octanol–water partition coefficient (Wildman–Crippen LogP) is 4.31. The van der Waals surface area contributed by atoms with Gasteiger partial charge in [-0.25, -0.2) is 4.98 Å². The SMILES string of the molecule is CN=C(NCc1nc(C)c(C)o1)NCC1CCCN(C)C1c1cccc(Cl)c1.I. The van der Waals surface area contributed by atoms with Crippen molar-refractivity contribution in [2.75, 3.05) is 27.2 Å². The van der Waals surface area contributed by atoms with E-state index in [2.05, 4.69) is 44.7 Å². The molecule has 2 unspecified atom stereocenters. The van der Waals surface area contributed by atoms with Gasteiger partial charge in [0, 0.05) is 24.7 Å². The molecule has 2 aromatic rings. The number of aliphatic imine (C=N–C) groups is 1. The zero-order chi connectivity index (χ0) is 20.1. The summed E-state index contributed by atoms with van der Waals surface area (Å²) in [6.45, 7) is 6.32. The summed E-state index contributed by atoms with van der Waals surface area (Å²) >= 11 is 6.24. The van der Waals surface area contributed by atoms with Crippen molar-refractivity contribution >= 4 is 41.5 Å². The van der Waals surface area contributed by atoms with Gasteiger partial charge < -0.3 is 15.1 Å². The molecule has 0 spiro atoms. The Hall–Kier alpha value is -1.32. The Balaban J connectivity index is 0.00000300. The molecule has 0 aliphatic carbocycles. The largest absolute Gasteiger partial charge is 0.444 e. The Morgan fingerprint density at radius 2 is 2.14 bits per heavy atom. The molecular weight excluding hydrogens is 501 g/mol. The quantitative estimate of drug-likeness (QED) is 0.342. The number of hydrogen-bond donors (Lipinski definition) is 2. The van der Waals surface area contributed by atoms with Gasteiger partial charge in [-0.15, -0.1) is 24.0 Å². The van der Waals surface area contributed by atoms with Gasteiger partial charge in [0.1, 0.15) is 5.76 Å². The fourth-order valence-electron chi connectivity index (χ4n) is 3.91. The van der Waals surface area contributed by atoms with E-state index in [1.165, 1.54) is 18.4 Å². The van der Waals surface area contributed by atoms with Crippen molar-refractivity contribution in [3.8, 4) is 0 Å². The highest BCUT2D eigenvalue weighted by Gasteiger charge is 2.30. The van der Waals surface area contributed by atoms with Crippen LogP contribution in [0.5, 0.6) is 0 Å². The summed E-state index contributed by atoms with van der Waals surface area (Å²) in [5, 5.41) is 7.55. The molecule has 1 aliphatic rings. The summed E-state index contributed by atoms with van der Waals surface area (Å²) in [6, 6.07) is 8.56. The molecule has 8 heteroatoms. The molecule has 1 aromatic carbocycles. The zero-order valence-corrected chi connectivity index (χ0v) is 20.6. The second-order valence-corrected chi connectivity index (χ2v) is 7.88. The average Bonchev–Trinajstić information content (AvgIpc) is 2.99. The van der Waals surface area contributed by atoms with Gasteiger partial charge in [-0.05, 0) is 63.9 Å². The molecule has 0 amide bonds. The van der Waals surface area contributed by atoms with Crippen molar-refractivity contribution in [2.24, 2.45) is 10.9 Å². The number of halogens is 2. The van der Waals surface area contributed by atoms with Crippen LogP contribution in [0.25, 0.3) is 0 Å². The summed E-state index contributed by atoms with van der Waals surface area (Å²) in [4.78, 5) is 11.2. The van der Waals surface area contributed by atoms with Crippen LogP contribution < -0.4 is 10.6 Å². The maximum absolute atomic E-state index is 6.24. The van der Waals surface area contributed by atoms with Crippen LogP contribution in [0.4, 0.5) is 0 Å². The van der Waals surface area contributed by atoms with E-state index in [9.17, 15) is 0 Å². The molecule has 160 valence electrons. The highest BCUT2D eigenvalue weighted by atomic mass is 127. The minimum absolute atomic E-state index is 0. The number of aryl methyl sites for hydroxylation is 2. The number of likely N-dealkylation sites (tertiary alicyclic amines) is 1. The molecule has 1 aliphatic heterocycles. The average molecular weight is 532 g/mol. The minimum Gasteiger partial charge on any atom is -0.444 e. The van der Waals surface area contributed by atoms with Crippen molar-refractivity contribution in [1.29, 1.82) is 0 Å². The lowest BCUT2D eigenvalue weighted by atomic mass is 9.85. The van der Waals surface area contributed by atoms with E-state index in [1.54, 1.807) is 7.05 Å². The maximum Gasteiger partial charge on any atom is 0.214 e. The van der Waals surface area contributed by atoms with Crippen LogP contribution in [0, 0.1) is 19.8 Å². The fraction of sp³-hybridized carbons (Fsp3) is 0.524. The summed E-state index contributed by atoms with van der Waals surface area (Å²) in [7, 11) is 3.97. The summed E-state index contributed by atoms with van der Waals surface area (Å²) in [5.41, 5.74) is 2.20. The van der Waals surface area contributed by atoms with E-state index >= 15 is 0 Å². The minimum atomic E-state index is 0. The van der Waals surface area contributed by atoms with Crippen molar-refractivity contribution in [2.45, 2.75) is 39.3 Å². The van der Waals surface area contributed by atoms with E-state index in [0.717, 1.165) is 35.5 Å². The third kappa shape index (κ3) is 6.33. The Bertz CT molecular complexity index is 806. The van der Waals surface area contributed by atoms with Gasteiger partial charge in [-0.2, -0.15) is 0 Å². The number of aromatic nitrogens is 1. The molecule has 2 N–H and O–H groups in total. The zero-order valence-electron chi connectivity index (χ0n) is 17.5. The molecule has 2 atom stereocenters. The highest BCUT2D eigenvalue weighted by Crippen LogP contribution is 2.35. The van der Waals surface area contributed by atoms with Crippen LogP contribution in [0.1, 0.15) is 41.8 Å². The number of piperidine rings is 1. The van der Waals surface area contributed by atoms with Crippen molar-refractivity contribution in [1.82, 2.24) is 20.5 Å². The number of benzene rings is 1. The van der Waals surface area contributed by atoms with Gasteiger partial charge in [0.15, 0.2) is 5.96 Å². The molecule has 6 nitrogen and oxygen atoms in total. The molecule has 1 saturated heterocycles. The third-order valence-electron chi connectivity index (χ3n) is 5.43. The molecular formula is C21H31ClIN5O. The maximum atomic E-state index is 6.24. The van der Waals surface area contributed by atoms with E-state index < -0.39 is 0 Å². The van der Waals surface area contributed by atoms with Crippen LogP contribution in [0.15, 0.2) is 33.7 Å². The molecule has 2 heterocycles. The van der Waals surface area contributed by atoms with Crippen LogP contribution in [0.2, 0.25) is 5.02 Å². The standard InChI is InChI=1S/C21H30ClN5O.HI/c1-14-15(2)28-19(26-14)13-25-21(23-3)24-12-17-8-6-10-27(4)20(17)16-7-5-9-18(22)11-16;/h5,7,9,11,17,20H,6,8,10,12-13H2,1-4H3,(H2,23,24,25);1H. The lowest BCUT2D eigenvalue weighted by Crippen LogP contribution is -2.44. The Kier molecular flexibility index (Phi) is 9.23. The number of nitrogens with one attached hydrogen (secondary N) is 2. The van der Waals surface area contributed by atoms with Crippen molar-refractivity contribution in [3.05, 3.63) is 52.2 Å².